The molecule has 1 aliphatic heterocycles. The molecule has 0 aliphatic carbocycles. The second kappa shape index (κ2) is 7.20. The number of hydrogen-bond donors (Lipinski definition) is 1. The van der Waals surface area contributed by atoms with Crippen molar-refractivity contribution < 1.29 is 14.3 Å². The van der Waals surface area contributed by atoms with Gasteiger partial charge in [0.05, 0.1) is 6.54 Å². The van der Waals surface area contributed by atoms with Gasteiger partial charge in [-0.2, -0.15) is 0 Å². The van der Waals surface area contributed by atoms with E-state index in [4.69, 9.17) is 21.1 Å². The standard InChI is InChI=1S/C18H16ClNO3/c19-14-8-5-13(6-9-14)7-10-18(21)20-11-15-12-22-16-3-1-2-4-17(16)23-15/h1-10,15H,11-12H2,(H,20,21)/b10-7+. The highest BCUT2D eigenvalue weighted by atomic mass is 35.5. The highest BCUT2D eigenvalue weighted by Crippen LogP contribution is 2.30. The Kier molecular flexibility index (Phi) is 4.83. The number of ether oxygens (including phenoxy) is 2. The minimum Gasteiger partial charge on any atom is -0.486 e. The number of para-hydroxylation sites is 2. The van der Waals surface area contributed by atoms with Crippen molar-refractivity contribution in [3.05, 3.63) is 65.2 Å². The first-order chi connectivity index (χ1) is 11.2. The molecule has 3 rings (SSSR count). The highest BCUT2D eigenvalue weighted by Gasteiger charge is 2.20. The maximum atomic E-state index is 11.9. The molecule has 1 unspecified atom stereocenters. The molecular formula is C18H16ClNO3. The van der Waals surface area contributed by atoms with Crippen LogP contribution in [0.25, 0.3) is 6.08 Å². The molecule has 0 radical (unpaired) electrons. The molecule has 2 aromatic carbocycles. The van der Waals surface area contributed by atoms with Crippen LogP contribution in [0, 0.1) is 0 Å². The van der Waals surface area contributed by atoms with Crippen molar-refractivity contribution in [3.63, 3.8) is 0 Å². The van der Waals surface area contributed by atoms with E-state index in [2.05, 4.69) is 5.32 Å². The van der Waals surface area contributed by atoms with E-state index in [0.717, 1.165) is 11.3 Å². The van der Waals surface area contributed by atoms with Gasteiger partial charge in [0, 0.05) is 11.1 Å². The summed E-state index contributed by atoms with van der Waals surface area (Å²) >= 11 is 5.82. The van der Waals surface area contributed by atoms with Gasteiger partial charge < -0.3 is 14.8 Å². The largest absolute Gasteiger partial charge is 0.486 e. The molecule has 1 heterocycles. The van der Waals surface area contributed by atoms with Crippen LogP contribution in [-0.2, 0) is 4.79 Å². The van der Waals surface area contributed by atoms with Gasteiger partial charge in [0.25, 0.3) is 0 Å². The summed E-state index contributed by atoms with van der Waals surface area (Å²) in [6.07, 6.45) is 3.03. The molecule has 0 saturated heterocycles. The van der Waals surface area contributed by atoms with Crippen molar-refractivity contribution >= 4 is 23.6 Å². The molecule has 23 heavy (non-hydrogen) atoms. The van der Waals surface area contributed by atoms with Crippen LogP contribution in [0.5, 0.6) is 11.5 Å². The lowest BCUT2D eigenvalue weighted by Crippen LogP contribution is -2.40. The van der Waals surface area contributed by atoms with Crippen LogP contribution in [0.15, 0.2) is 54.6 Å². The molecule has 0 fully saturated rings. The van der Waals surface area contributed by atoms with Crippen molar-refractivity contribution in [1.82, 2.24) is 5.32 Å². The third-order valence-corrected chi connectivity index (χ3v) is 3.62. The number of halogens is 1. The van der Waals surface area contributed by atoms with Gasteiger partial charge in [-0.05, 0) is 35.9 Å². The van der Waals surface area contributed by atoms with E-state index < -0.39 is 0 Å². The molecular weight excluding hydrogens is 314 g/mol. The van der Waals surface area contributed by atoms with Crippen molar-refractivity contribution in [2.45, 2.75) is 6.10 Å². The van der Waals surface area contributed by atoms with Crippen molar-refractivity contribution in [2.75, 3.05) is 13.2 Å². The van der Waals surface area contributed by atoms with E-state index in [1.165, 1.54) is 6.08 Å². The molecule has 0 bridgehead atoms. The van der Waals surface area contributed by atoms with Crippen LogP contribution >= 0.6 is 11.6 Å². The smallest absolute Gasteiger partial charge is 0.244 e. The summed E-state index contributed by atoms with van der Waals surface area (Å²) in [4.78, 5) is 11.9. The maximum absolute atomic E-state index is 11.9. The van der Waals surface area contributed by atoms with E-state index in [0.29, 0.717) is 23.9 Å². The Morgan fingerprint density at radius 3 is 2.70 bits per heavy atom. The lowest BCUT2D eigenvalue weighted by molar-refractivity contribution is -0.116. The third kappa shape index (κ3) is 4.27. The summed E-state index contributed by atoms with van der Waals surface area (Å²) in [6.45, 7) is 0.802. The molecule has 0 aromatic heterocycles. The monoisotopic (exact) mass is 329 g/mol. The Morgan fingerprint density at radius 1 is 1.17 bits per heavy atom. The Labute approximate surface area is 139 Å². The molecule has 0 spiro atoms. The van der Waals surface area contributed by atoms with Crippen LogP contribution < -0.4 is 14.8 Å². The quantitative estimate of drug-likeness (QED) is 0.875. The summed E-state index contributed by atoms with van der Waals surface area (Å²) in [5.74, 6) is 1.26. The third-order valence-electron chi connectivity index (χ3n) is 3.37. The number of nitrogens with one attached hydrogen (secondary N) is 1. The molecule has 0 saturated carbocycles. The summed E-state index contributed by atoms with van der Waals surface area (Å²) < 4.78 is 11.4. The molecule has 1 atom stereocenters. The van der Waals surface area contributed by atoms with E-state index >= 15 is 0 Å². The number of carbonyl (C=O) groups is 1. The minimum absolute atomic E-state index is 0.178. The molecule has 118 valence electrons. The molecule has 5 heteroatoms. The van der Waals surface area contributed by atoms with Crippen LogP contribution in [0.2, 0.25) is 5.02 Å². The lowest BCUT2D eigenvalue weighted by Gasteiger charge is -2.26. The highest BCUT2D eigenvalue weighted by molar-refractivity contribution is 6.30. The van der Waals surface area contributed by atoms with Gasteiger partial charge >= 0.3 is 0 Å². The Morgan fingerprint density at radius 2 is 1.91 bits per heavy atom. The summed E-state index contributed by atoms with van der Waals surface area (Å²) in [5.41, 5.74) is 0.913. The average molecular weight is 330 g/mol. The SMILES string of the molecule is O=C(/C=C/c1ccc(Cl)cc1)NCC1COc2ccccc2O1. The Balaban J connectivity index is 1.49. The van der Waals surface area contributed by atoms with Gasteiger partial charge in [0.15, 0.2) is 11.5 Å². The summed E-state index contributed by atoms with van der Waals surface area (Å²) in [5, 5.41) is 3.48. The van der Waals surface area contributed by atoms with Crippen LogP contribution in [-0.4, -0.2) is 25.2 Å². The molecule has 2 aromatic rings. The zero-order chi connectivity index (χ0) is 16.1. The summed E-state index contributed by atoms with van der Waals surface area (Å²) in [7, 11) is 0. The second-order valence-electron chi connectivity index (χ2n) is 5.13. The van der Waals surface area contributed by atoms with Gasteiger partial charge in [0.2, 0.25) is 5.91 Å². The van der Waals surface area contributed by atoms with Gasteiger partial charge in [0.1, 0.15) is 12.7 Å². The van der Waals surface area contributed by atoms with Gasteiger partial charge in [-0.25, -0.2) is 0 Å². The Hall–Kier alpha value is -2.46. The molecule has 1 N–H and O–H groups in total. The van der Waals surface area contributed by atoms with Crippen LogP contribution in [0.3, 0.4) is 0 Å². The zero-order valence-corrected chi connectivity index (χ0v) is 13.1. The van der Waals surface area contributed by atoms with Gasteiger partial charge in [-0.15, -0.1) is 0 Å². The molecule has 4 nitrogen and oxygen atoms in total. The minimum atomic E-state index is -0.196. The van der Waals surface area contributed by atoms with E-state index in [-0.39, 0.29) is 12.0 Å². The molecule has 1 aliphatic rings. The number of benzene rings is 2. The number of rotatable bonds is 4. The van der Waals surface area contributed by atoms with Gasteiger partial charge in [-0.1, -0.05) is 35.9 Å². The number of hydrogen-bond acceptors (Lipinski definition) is 3. The average Bonchev–Trinajstić information content (AvgIpc) is 2.59. The number of amides is 1. The zero-order valence-electron chi connectivity index (χ0n) is 12.4. The number of fused-ring (bicyclic) bond motifs is 1. The maximum Gasteiger partial charge on any atom is 0.244 e. The Bertz CT molecular complexity index is 712. The van der Waals surface area contributed by atoms with Crippen LogP contribution in [0.4, 0.5) is 0 Å². The topological polar surface area (TPSA) is 47.6 Å². The van der Waals surface area contributed by atoms with Crippen molar-refractivity contribution in [3.8, 4) is 11.5 Å². The fourth-order valence-corrected chi connectivity index (χ4v) is 2.31. The lowest BCUT2D eigenvalue weighted by atomic mass is 10.2. The predicted molar refractivity (Wildman–Crippen MR) is 89.8 cm³/mol. The second-order valence-corrected chi connectivity index (χ2v) is 5.56. The van der Waals surface area contributed by atoms with Crippen molar-refractivity contribution in [1.29, 1.82) is 0 Å². The first kappa shape index (κ1) is 15.4. The van der Waals surface area contributed by atoms with Crippen LogP contribution in [0.1, 0.15) is 5.56 Å². The molecule has 1 amide bonds. The first-order valence-electron chi connectivity index (χ1n) is 7.31. The fraction of sp³-hybridized carbons (Fsp3) is 0.167. The van der Waals surface area contributed by atoms with E-state index in [1.54, 1.807) is 18.2 Å². The van der Waals surface area contributed by atoms with Gasteiger partial charge in [-0.3, -0.25) is 4.79 Å². The van der Waals surface area contributed by atoms with Crippen molar-refractivity contribution in [2.24, 2.45) is 0 Å². The predicted octanol–water partition coefficient (Wildman–Crippen LogP) is 3.31. The summed E-state index contributed by atoms with van der Waals surface area (Å²) in [6, 6.07) is 14.8. The fourth-order valence-electron chi connectivity index (χ4n) is 2.18. The number of carbonyl (C=O) groups excluding carboxylic acids is 1. The van der Waals surface area contributed by atoms with E-state index in [9.17, 15) is 4.79 Å². The first-order valence-corrected chi connectivity index (χ1v) is 7.68. The van der Waals surface area contributed by atoms with E-state index in [1.807, 2.05) is 36.4 Å². The normalized spacial score (nSPS) is 16.3.